The molecule has 6 aromatic carbocycles. The molecule has 0 spiro atoms. The zero-order chi connectivity index (χ0) is 25.6. The fraction of sp³-hybridized carbons (Fsp3) is 0.0526. The van der Waals surface area contributed by atoms with E-state index in [0.717, 1.165) is 0 Å². The Morgan fingerprint density at radius 1 is 0.439 bits per heavy atom. The Morgan fingerprint density at radius 3 is 1.17 bits per heavy atom. The van der Waals surface area contributed by atoms with E-state index >= 15 is 0 Å². The van der Waals surface area contributed by atoms with E-state index in [9.17, 15) is 0 Å². The maximum atomic E-state index is 2.34. The van der Waals surface area contributed by atoms with E-state index in [1.54, 1.807) is 0 Å². The standard InChI is InChI=1S/2C18H14N.2CH3.Ti/c2*1-13-11-16-15-9-5-6-10-17(15)19(18(16)12-13)14-7-3-2-4-8-14;;;/h2*2-12H,1H3;2*1H3;/q4*-1;+4. The number of nitrogens with zero attached hydrogens (tertiary/aromatic N) is 2. The molecule has 2 aromatic heterocycles. The van der Waals surface area contributed by atoms with Crippen LogP contribution in [-0.4, -0.2) is 9.13 Å². The van der Waals surface area contributed by atoms with Crippen LogP contribution in [0.2, 0.25) is 0 Å². The third kappa shape index (κ3) is 5.10. The number of fused-ring (bicyclic) bond motifs is 6. The van der Waals surface area contributed by atoms with Crippen molar-refractivity contribution in [1.29, 1.82) is 0 Å². The molecule has 0 N–H and O–H groups in total. The molecule has 0 saturated carbocycles. The van der Waals surface area contributed by atoms with Gasteiger partial charge in [0.25, 0.3) is 0 Å². The van der Waals surface area contributed by atoms with Crippen molar-refractivity contribution in [3.8, 4) is 11.4 Å². The van der Waals surface area contributed by atoms with Gasteiger partial charge < -0.3 is 24.0 Å². The second kappa shape index (κ2) is 12.2. The van der Waals surface area contributed by atoms with E-state index in [1.165, 1.54) is 66.1 Å². The predicted octanol–water partition coefficient (Wildman–Crippen LogP) is 10.5. The maximum absolute atomic E-state index is 2.34. The Bertz CT molecular complexity index is 1880. The van der Waals surface area contributed by atoms with Gasteiger partial charge in [-0.1, -0.05) is 108 Å². The first-order valence-electron chi connectivity index (χ1n) is 13.1. The summed E-state index contributed by atoms with van der Waals surface area (Å²) >= 11 is 0. The van der Waals surface area contributed by atoms with Gasteiger partial charge in [-0.05, 0) is 36.4 Å². The second-order valence-corrected chi connectivity index (χ2v) is 10.0. The van der Waals surface area contributed by atoms with Crippen molar-refractivity contribution >= 4 is 43.6 Å². The SMILES string of the molecule is Cc1cc2c([cH-]1)c1ccccc1n2-c1ccccc1.Cc1cc2c([cH-]1)c1ccccc1n2-c1ccccc1.[CH3-].[CH3-].[Ti+4]. The molecule has 200 valence electrons. The van der Waals surface area contributed by atoms with Crippen molar-refractivity contribution in [2.24, 2.45) is 0 Å². The zero-order valence-corrected chi connectivity index (χ0v) is 25.7. The normalized spacial score (nSPS) is 10.6. The topological polar surface area (TPSA) is 9.86 Å². The minimum absolute atomic E-state index is 0. The van der Waals surface area contributed by atoms with Crippen molar-refractivity contribution < 1.29 is 21.7 Å². The first kappa shape index (κ1) is 29.9. The number of aromatic nitrogens is 2. The van der Waals surface area contributed by atoms with Crippen molar-refractivity contribution in [1.82, 2.24) is 9.13 Å². The van der Waals surface area contributed by atoms with Gasteiger partial charge in [0.2, 0.25) is 0 Å². The van der Waals surface area contributed by atoms with Crippen molar-refractivity contribution in [2.75, 3.05) is 0 Å². The smallest absolute Gasteiger partial charge is 0.367 e. The monoisotopic (exact) mass is 566 g/mol. The number of hydrogen-bond acceptors (Lipinski definition) is 0. The van der Waals surface area contributed by atoms with Gasteiger partial charge in [0.05, 0.1) is 0 Å². The summed E-state index contributed by atoms with van der Waals surface area (Å²) in [5.74, 6) is 0. The molecule has 0 atom stereocenters. The van der Waals surface area contributed by atoms with Gasteiger partial charge in [-0.25, -0.2) is 0 Å². The Morgan fingerprint density at radius 2 is 0.780 bits per heavy atom. The minimum Gasteiger partial charge on any atom is -0.367 e. The van der Waals surface area contributed by atoms with Gasteiger partial charge in [0.15, 0.2) is 0 Å². The molecule has 2 heterocycles. The molecule has 0 aliphatic carbocycles. The molecule has 0 amide bonds. The van der Waals surface area contributed by atoms with Crippen LogP contribution in [0.15, 0.2) is 133 Å². The van der Waals surface area contributed by atoms with Crippen LogP contribution >= 0.6 is 0 Å². The van der Waals surface area contributed by atoms with Crippen LogP contribution < -0.4 is 0 Å². The average molecular weight is 567 g/mol. The molecule has 8 rings (SSSR count). The molecule has 3 heteroatoms. The summed E-state index contributed by atoms with van der Waals surface area (Å²) in [5, 5.41) is 5.35. The Hall–Kier alpha value is -4.11. The third-order valence-electron chi connectivity index (χ3n) is 7.41. The van der Waals surface area contributed by atoms with E-state index < -0.39 is 0 Å². The van der Waals surface area contributed by atoms with E-state index in [1.807, 2.05) is 0 Å². The molecular weight excluding hydrogens is 532 g/mol. The maximum Gasteiger partial charge on any atom is 4.00 e. The summed E-state index contributed by atoms with van der Waals surface area (Å²) in [6.07, 6.45) is 0. The van der Waals surface area contributed by atoms with Crippen LogP contribution in [-0.2, 0) is 21.7 Å². The molecule has 0 bridgehead atoms. The second-order valence-electron chi connectivity index (χ2n) is 10.0. The molecular formula is C38H34N2Ti. The summed E-state index contributed by atoms with van der Waals surface area (Å²) in [5.41, 5.74) is 10.2. The van der Waals surface area contributed by atoms with Gasteiger partial charge in [0, 0.05) is 22.4 Å². The molecule has 0 aliphatic heterocycles. The van der Waals surface area contributed by atoms with Crippen molar-refractivity contribution in [2.45, 2.75) is 13.8 Å². The Balaban J connectivity index is 0.000000176. The summed E-state index contributed by atoms with van der Waals surface area (Å²) in [6.45, 7) is 4.31. The molecule has 0 fully saturated rings. The largest absolute Gasteiger partial charge is 4.00 e. The number of para-hydroxylation sites is 4. The number of hydrogen-bond donors (Lipinski definition) is 0. The molecule has 0 radical (unpaired) electrons. The molecule has 0 aliphatic rings. The van der Waals surface area contributed by atoms with Crippen LogP contribution in [0.25, 0.3) is 55.0 Å². The van der Waals surface area contributed by atoms with Crippen molar-refractivity contribution in [3.05, 3.63) is 159 Å². The number of benzene rings is 4. The van der Waals surface area contributed by atoms with Crippen LogP contribution in [0.3, 0.4) is 0 Å². The van der Waals surface area contributed by atoms with Gasteiger partial charge in [-0.2, -0.15) is 0 Å². The first-order chi connectivity index (χ1) is 18.7. The fourth-order valence-corrected chi connectivity index (χ4v) is 5.84. The van der Waals surface area contributed by atoms with E-state index in [2.05, 4.69) is 156 Å². The molecule has 0 unspecified atom stereocenters. The van der Waals surface area contributed by atoms with E-state index in [4.69, 9.17) is 0 Å². The predicted molar refractivity (Wildman–Crippen MR) is 175 cm³/mol. The number of rotatable bonds is 2. The quantitative estimate of drug-likeness (QED) is 0.146. The van der Waals surface area contributed by atoms with Gasteiger partial charge in [-0.15, -0.1) is 46.2 Å². The fourth-order valence-electron chi connectivity index (χ4n) is 5.84. The summed E-state index contributed by atoms with van der Waals surface area (Å²) < 4.78 is 4.69. The van der Waals surface area contributed by atoms with Crippen LogP contribution in [0.1, 0.15) is 11.1 Å². The Kier molecular flexibility index (Phi) is 8.87. The van der Waals surface area contributed by atoms with Gasteiger partial charge in [0.1, 0.15) is 0 Å². The Labute approximate surface area is 258 Å². The van der Waals surface area contributed by atoms with Crippen molar-refractivity contribution in [3.63, 3.8) is 0 Å². The third-order valence-corrected chi connectivity index (χ3v) is 7.41. The van der Waals surface area contributed by atoms with Gasteiger partial charge >= 0.3 is 21.7 Å². The molecule has 41 heavy (non-hydrogen) atoms. The number of aryl methyl sites for hydroxylation is 2. The average Bonchev–Trinajstić information content (AvgIpc) is 3.67. The summed E-state index contributed by atoms with van der Waals surface area (Å²) in [4.78, 5) is 0. The van der Waals surface area contributed by atoms with E-state index in [-0.39, 0.29) is 36.6 Å². The van der Waals surface area contributed by atoms with Crippen LogP contribution in [0.5, 0.6) is 0 Å². The van der Waals surface area contributed by atoms with Crippen LogP contribution in [0.4, 0.5) is 0 Å². The molecule has 0 saturated heterocycles. The molecule has 2 nitrogen and oxygen atoms in total. The first-order valence-corrected chi connectivity index (χ1v) is 13.1. The molecule has 8 aromatic rings. The van der Waals surface area contributed by atoms with E-state index in [0.29, 0.717) is 0 Å². The zero-order valence-electron chi connectivity index (χ0n) is 24.1. The van der Waals surface area contributed by atoms with Gasteiger partial charge in [-0.3, -0.25) is 0 Å². The minimum atomic E-state index is 0. The summed E-state index contributed by atoms with van der Waals surface area (Å²) in [7, 11) is 0. The van der Waals surface area contributed by atoms with Crippen LogP contribution in [0, 0.1) is 28.7 Å². The summed E-state index contributed by atoms with van der Waals surface area (Å²) in [6, 6.07) is 47.4.